The first-order valence-corrected chi connectivity index (χ1v) is 9.75. The summed E-state index contributed by atoms with van der Waals surface area (Å²) in [5.41, 5.74) is 1.30. The fourth-order valence-electron chi connectivity index (χ4n) is 4.46. The second kappa shape index (κ2) is 7.35. The predicted molar refractivity (Wildman–Crippen MR) is 104 cm³/mol. The third-order valence-electron chi connectivity index (χ3n) is 5.80. The molecule has 1 spiro atoms. The average molecular weight is 368 g/mol. The Morgan fingerprint density at radius 3 is 2.78 bits per heavy atom. The SMILES string of the molecule is CN(C)CC1CCC2(CC1)CN(C(=O)c1ccn[nH]1)Cc1ccccc1O2. The smallest absolute Gasteiger partial charge is 0.272 e. The number of ether oxygens (including phenoxy) is 1. The molecular weight excluding hydrogens is 340 g/mol. The van der Waals surface area contributed by atoms with Crippen LogP contribution >= 0.6 is 0 Å². The minimum Gasteiger partial charge on any atom is -0.485 e. The van der Waals surface area contributed by atoms with Gasteiger partial charge in [-0.2, -0.15) is 5.10 Å². The Morgan fingerprint density at radius 2 is 2.07 bits per heavy atom. The fourth-order valence-corrected chi connectivity index (χ4v) is 4.46. The maximum Gasteiger partial charge on any atom is 0.272 e. The highest BCUT2D eigenvalue weighted by atomic mass is 16.5. The van der Waals surface area contributed by atoms with Crippen molar-refractivity contribution in [3.05, 3.63) is 47.8 Å². The van der Waals surface area contributed by atoms with E-state index in [2.05, 4.69) is 35.3 Å². The number of nitrogens with one attached hydrogen (secondary N) is 1. The number of hydrogen-bond acceptors (Lipinski definition) is 4. The summed E-state index contributed by atoms with van der Waals surface area (Å²) in [6, 6.07) is 9.84. The zero-order chi connectivity index (χ0) is 18.9. The molecule has 1 aliphatic carbocycles. The van der Waals surface area contributed by atoms with Crippen LogP contribution in [0.5, 0.6) is 5.75 Å². The molecule has 1 N–H and O–H groups in total. The number of H-pyrrole nitrogens is 1. The zero-order valence-corrected chi connectivity index (χ0v) is 16.1. The van der Waals surface area contributed by atoms with Crippen LogP contribution in [0.25, 0.3) is 0 Å². The van der Waals surface area contributed by atoms with Crippen molar-refractivity contribution >= 4 is 5.91 Å². The van der Waals surface area contributed by atoms with Crippen LogP contribution in [-0.4, -0.2) is 58.7 Å². The number of aromatic amines is 1. The van der Waals surface area contributed by atoms with Crippen molar-refractivity contribution < 1.29 is 9.53 Å². The standard InChI is InChI=1S/C21H28N4O2/c1-24(2)13-16-7-10-21(11-8-16)15-25(20(26)18-9-12-22-23-18)14-17-5-3-4-6-19(17)27-21/h3-6,9,12,16H,7-8,10-11,13-15H2,1-2H3,(H,22,23). The molecule has 0 unspecified atom stereocenters. The molecule has 1 saturated carbocycles. The number of benzene rings is 1. The Morgan fingerprint density at radius 1 is 1.30 bits per heavy atom. The maximum atomic E-state index is 13.1. The van der Waals surface area contributed by atoms with E-state index < -0.39 is 0 Å². The summed E-state index contributed by atoms with van der Waals surface area (Å²) >= 11 is 0. The van der Waals surface area contributed by atoms with Gasteiger partial charge in [0.25, 0.3) is 5.91 Å². The maximum absolute atomic E-state index is 13.1. The summed E-state index contributed by atoms with van der Waals surface area (Å²) in [7, 11) is 4.27. The van der Waals surface area contributed by atoms with E-state index in [9.17, 15) is 4.79 Å². The lowest BCUT2D eigenvalue weighted by molar-refractivity contribution is -0.00736. The topological polar surface area (TPSA) is 61.5 Å². The van der Waals surface area contributed by atoms with E-state index in [1.54, 1.807) is 12.3 Å². The molecule has 0 atom stereocenters. The number of hydrogen-bond donors (Lipinski definition) is 1. The van der Waals surface area contributed by atoms with Crippen LogP contribution in [0.1, 0.15) is 41.7 Å². The molecule has 4 rings (SSSR count). The lowest BCUT2D eigenvalue weighted by Gasteiger charge is -2.42. The highest BCUT2D eigenvalue weighted by Crippen LogP contribution is 2.40. The average Bonchev–Trinajstić information content (AvgIpc) is 3.13. The summed E-state index contributed by atoms with van der Waals surface area (Å²) in [6.45, 7) is 2.30. The van der Waals surface area contributed by atoms with E-state index in [1.165, 1.54) is 0 Å². The number of amides is 1. The molecule has 27 heavy (non-hydrogen) atoms. The van der Waals surface area contributed by atoms with Crippen LogP contribution in [0.2, 0.25) is 0 Å². The lowest BCUT2D eigenvalue weighted by atomic mass is 9.78. The van der Waals surface area contributed by atoms with Crippen molar-refractivity contribution in [1.82, 2.24) is 20.0 Å². The number of carbonyl (C=O) groups is 1. The number of nitrogens with zero attached hydrogens (tertiary/aromatic N) is 3. The van der Waals surface area contributed by atoms with Gasteiger partial charge in [-0.25, -0.2) is 0 Å². The van der Waals surface area contributed by atoms with Gasteiger partial charge >= 0.3 is 0 Å². The van der Waals surface area contributed by atoms with Gasteiger partial charge in [0.05, 0.1) is 6.54 Å². The molecular formula is C21H28N4O2. The Hall–Kier alpha value is -2.34. The highest BCUT2D eigenvalue weighted by Gasteiger charge is 2.42. The molecule has 2 heterocycles. The van der Waals surface area contributed by atoms with Gasteiger partial charge in [-0.05, 0) is 57.8 Å². The Labute approximate surface area is 160 Å². The van der Waals surface area contributed by atoms with Crippen molar-refractivity contribution in [2.24, 2.45) is 5.92 Å². The number of rotatable bonds is 3. The molecule has 0 saturated heterocycles. The van der Waals surface area contributed by atoms with Gasteiger partial charge in [-0.15, -0.1) is 0 Å². The second-order valence-electron chi connectivity index (χ2n) is 8.23. The summed E-state index contributed by atoms with van der Waals surface area (Å²) in [6.07, 6.45) is 5.84. The van der Waals surface area contributed by atoms with Crippen LogP contribution in [0.4, 0.5) is 0 Å². The first-order valence-electron chi connectivity index (χ1n) is 9.75. The quantitative estimate of drug-likeness (QED) is 0.905. The van der Waals surface area contributed by atoms with Crippen molar-refractivity contribution in [3.63, 3.8) is 0 Å². The summed E-state index contributed by atoms with van der Waals surface area (Å²) in [4.78, 5) is 17.2. The number of para-hydroxylation sites is 1. The molecule has 1 aromatic carbocycles. The lowest BCUT2D eigenvalue weighted by Crippen LogP contribution is -2.50. The van der Waals surface area contributed by atoms with E-state index in [1.807, 2.05) is 23.1 Å². The molecule has 144 valence electrons. The van der Waals surface area contributed by atoms with Crippen molar-refractivity contribution in [2.45, 2.75) is 37.8 Å². The predicted octanol–water partition coefficient (Wildman–Crippen LogP) is 2.94. The van der Waals surface area contributed by atoms with Gasteiger partial charge in [0, 0.05) is 24.8 Å². The van der Waals surface area contributed by atoms with Crippen molar-refractivity contribution in [1.29, 1.82) is 0 Å². The third kappa shape index (κ3) is 3.86. The number of carbonyl (C=O) groups excluding carboxylic acids is 1. The van der Waals surface area contributed by atoms with E-state index in [0.717, 1.165) is 43.5 Å². The van der Waals surface area contributed by atoms with Crippen molar-refractivity contribution in [2.75, 3.05) is 27.2 Å². The number of aromatic nitrogens is 2. The van der Waals surface area contributed by atoms with E-state index in [4.69, 9.17) is 4.74 Å². The van der Waals surface area contributed by atoms with Gasteiger partial charge < -0.3 is 14.5 Å². The van der Waals surface area contributed by atoms with E-state index in [-0.39, 0.29) is 11.5 Å². The van der Waals surface area contributed by atoms with E-state index >= 15 is 0 Å². The van der Waals surface area contributed by atoms with Gasteiger partial charge in [-0.3, -0.25) is 9.89 Å². The van der Waals surface area contributed by atoms with Crippen LogP contribution in [0, 0.1) is 5.92 Å². The van der Waals surface area contributed by atoms with Crippen LogP contribution in [0.15, 0.2) is 36.5 Å². The molecule has 2 aliphatic rings. The van der Waals surface area contributed by atoms with Crippen LogP contribution < -0.4 is 4.74 Å². The largest absolute Gasteiger partial charge is 0.485 e. The molecule has 0 bridgehead atoms. The first-order chi connectivity index (χ1) is 13.0. The van der Waals surface area contributed by atoms with Gasteiger partial charge in [0.1, 0.15) is 17.0 Å². The zero-order valence-electron chi connectivity index (χ0n) is 16.1. The van der Waals surface area contributed by atoms with Crippen molar-refractivity contribution in [3.8, 4) is 5.75 Å². The summed E-state index contributed by atoms with van der Waals surface area (Å²) in [5.74, 6) is 1.61. The normalized spacial score (nSPS) is 25.1. The molecule has 6 nitrogen and oxygen atoms in total. The minimum atomic E-state index is -0.300. The molecule has 1 aliphatic heterocycles. The van der Waals surface area contributed by atoms with E-state index in [0.29, 0.717) is 24.7 Å². The Kier molecular flexibility index (Phi) is 4.91. The van der Waals surface area contributed by atoms with Crippen LogP contribution in [0.3, 0.4) is 0 Å². The second-order valence-corrected chi connectivity index (χ2v) is 8.23. The summed E-state index contributed by atoms with van der Waals surface area (Å²) in [5, 5.41) is 6.75. The molecule has 0 radical (unpaired) electrons. The molecule has 6 heteroatoms. The molecule has 2 aromatic rings. The van der Waals surface area contributed by atoms with Crippen LogP contribution in [-0.2, 0) is 6.54 Å². The highest BCUT2D eigenvalue weighted by molar-refractivity contribution is 5.92. The Balaban J connectivity index is 1.59. The minimum absolute atomic E-state index is 0.0115. The summed E-state index contributed by atoms with van der Waals surface area (Å²) < 4.78 is 6.60. The molecule has 1 fully saturated rings. The van der Waals surface area contributed by atoms with Gasteiger partial charge in [-0.1, -0.05) is 18.2 Å². The third-order valence-corrected chi connectivity index (χ3v) is 5.80. The van der Waals surface area contributed by atoms with Gasteiger partial charge in [0.2, 0.25) is 0 Å². The van der Waals surface area contributed by atoms with Gasteiger partial charge in [0.15, 0.2) is 0 Å². The molecule has 1 amide bonds. The number of fused-ring (bicyclic) bond motifs is 1. The molecule has 1 aromatic heterocycles. The monoisotopic (exact) mass is 368 g/mol. The fraction of sp³-hybridized carbons (Fsp3) is 0.524. The first kappa shape index (κ1) is 18.0. The Bertz CT molecular complexity index is 779.